The summed E-state index contributed by atoms with van der Waals surface area (Å²) in [5, 5.41) is 6.64. The van der Waals surface area contributed by atoms with E-state index in [1.54, 1.807) is 12.1 Å². The Morgan fingerprint density at radius 1 is 0.585 bits per heavy atom. The molecular formula is C30H35N11+4. The third-order valence-corrected chi connectivity index (χ3v) is 6.51. The first-order valence-corrected chi connectivity index (χ1v) is 12.9. The van der Waals surface area contributed by atoms with Crippen LogP contribution in [0, 0.1) is 0 Å². The zero-order valence-corrected chi connectivity index (χ0v) is 22.6. The molecule has 0 saturated heterocycles. The van der Waals surface area contributed by atoms with Crippen LogP contribution in [0.1, 0.15) is 0 Å². The summed E-state index contributed by atoms with van der Waals surface area (Å²) >= 11 is 0. The smallest absolute Gasteiger partial charge is 0.191 e. The first-order chi connectivity index (χ1) is 19.6. The van der Waals surface area contributed by atoms with Crippen molar-refractivity contribution in [3.8, 4) is 0 Å². The van der Waals surface area contributed by atoms with E-state index in [0.29, 0.717) is 39.9 Å². The Morgan fingerprint density at radius 3 is 2.02 bits per heavy atom. The van der Waals surface area contributed by atoms with Crippen LogP contribution in [0.2, 0.25) is 0 Å². The quantitative estimate of drug-likeness (QED) is 0.129. The summed E-state index contributed by atoms with van der Waals surface area (Å²) in [6, 6.07) is 22.7. The maximum atomic E-state index is 6.33. The van der Waals surface area contributed by atoms with Gasteiger partial charge in [0, 0.05) is 29.6 Å². The summed E-state index contributed by atoms with van der Waals surface area (Å²) in [5.74, 6) is 0. The molecule has 4 aromatic carbocycles. The minimum absolute atomic E-state index is 0.483. The molecule has 0 amide bonds. The molecule has 4 aromatic rings. The number of nitrogens with one attached hydrogen (secondary N) is 2. The number of nitrogens with two attached hydrogens (primary N) is 3. The van der Waals surface area contributed by atoms with Crippen LogP contribution in [0.3, 0.4) is 0 Å². The predicted octanol–water partition coefficient (Wildman–Crippen LogP) is 2.09. The summed E-state index contributed by atoms with van der Waals surface area (Å²) in [4.78, 5) is 9.34. The van der Waals surface area contributed by atoms with Crippen LogP contribution in [0.25, 0.3) is 0 Å². The largest absolute Gasteiger partial charge is 0.397 e. The highest BCUT2D eigenvalue weighted by molar-refractivity contribution is 6.22. The average Bonchev–Trinajstić information content (AvgIpc) is 2.92. The van der Waals surface area contributed by atoms with E-state index in [1.807, 2.05) is 78.9 Å². The first kappa shape index (κ1) is 27.1. The lowest BCUT2D eigenvalue weighted by Crippen LogP contribution is -2.49. The van der Waals surface area contributed by atoms with Crippen LogP contribution in [-0.2, 0) is 0 Å². The highest BCUT2D eigenvalue weighted by Crippen LogP contribution is 2.31. The van der Waals surface area contributed by atoms with E-state index in [9.17, 15) is 0 Å². The molecule has 0 radical (unpaired) electrons. The third kappa shape index (κ3) is 6.41. The van der Waals surface area contributed by atoms with Crippen LogP contribution in [-0.4, -0.2) is 11.4 Å². The van der Waals surface area contributed by atoms with Gasteiger partial charge in [-0.05, 0) is 66.8 Å². The highest BCUT2D eigenvalue weighted by Gasteiger charge is 2.11. The first-order valence-electron chi connectivity index (χ1n) is 12.9. The third-order valence-electron chi connectivity index (χ3n) is 6.51. The van der Waals surface area contributed by atoms with Crippen LogP contribution in [0.4, 0.5) is 68.2 Å². The molecule has 1 aliphatic rings. The van der Waals surface area contributed by atoms with Gasteiger partial charge in [0.1, 0.15) is 11.4 Å². The van der Waals surface area contributed by atoms with Gasteiger partial charge in [-0.1, -0.05) is 0 Å². The molecule has 11 heteroatoms. The lowest BCUT2D eigenvalue weighted by molar-refractivity contribution is -0.298. The SMILES string of the molecule is NC1=CC(=Nc2ccc(Nc3ccc([NH3+])cc3[NH3+])cc2N)C=CC1=Nc1ccc(Nc2ccc([NH3+])c([NH3+])c2)c(N)c1. The van der Waals surface area contributed by atoms with E-state index in [-0.39, 0.29) is 0 Å². The molecule has 5 rings (SSSR count). The molecule has 0 unspecified atom stereocenters. The summed E-state index contributed by atoms with van der Waals surface area (Å²) in [6.45, 7) is 0. The fourth-order valence-corrected chi connectivity index (χ4v) is 4.24. The molecule has 0 heterocycles. The van der Waals surface area contributed by atoms with Crippen molar-refractivity contribution in [2.75, 3.05) is 22.1 Å². The second-order valence-corrected chi connectivity index (χ2v) is 9.74. The molecule has 11 nitrogen and oxygen atoms in total. The van der Waals surface area contributed by atoms with E-state index in [0.717, 1.165) is 45.5 Å². The highest BCUT2D eigenvalue weighted by atomic mass is 14.9. The zero-order valence-electron chi connectivity index (χ0n) is 22.6. The lowest BCUT2D eigenvalue weighted by Gasteiger charge is -2.12. The van der Waals surface area contributed by atoms with Crippen LogP contribution >= 0.6 is 0 Å². The number of nitrogen functional groups attached to an aromatic ring is 2. The molecule has 0 atom stereocenters. The van der Waals surface area contributed by atoms with Crippen LogP contribution < -0.4 is 50.8 Å². The normalized spacial score (nSPS) is 14.8. The molecule has 0 spiro atoms. The molecule has 0 aromatic heterocycles. The second-order valence-electron chi connectivity index (χ2n) is 9.74. The number of benzene rings is 4. The fraction of sp³-hybridized carbons (Fsp3) is 0. The molecule has 0 bridgehead atoms. The van der Waals surface area contributed by atoms with Gasteiger partial charge in [-0.15, -0.1) is 0 Å². The Bertz CT molecular complexity index is 1770. The number of rotatable bonds is 6. The van der Waals surface area contributed by atoms with Crippen molar-refractivity contribution in [1.82, 2.24) is 0 Å². The molecule has 1 aliphatic carbocycles. The molecular weight excluding hydrogens is 514 g/mol. The lowest BCUT2D eigenvalue weighted by atomic mass is 10.1. The minimum atomic E-state index is 0.483. The van der Waals surface area contributed by atoms with Crippen LogP contribution in [0.5, 0.6) is 0 Å². The van der Waals surface area contributed by atoms with Crippen molar-refractivity contribution in [3.63, 3.8) is 0 Å². The topological polar surface area (TPSA) is 237 Å². The van der Waals surface area contributed by atoms with Crippen molar-refractivity contribution in [2.24, 2.45) is 15.7 Å². The van der Waals surface area contributed by atoms with E-state index < -0.39 is 0 Å². The monoisotopic (exact) mass is 549 g/mol. The van der Waals surface area contributed by atoms with Crippen molar-refractivity contribution < 1.29 is 22.9 Å². The summed E-state index contributed by atoms with van der Waals surface area (Å²) in [7, 11) is 0. The predicted molar refractivity (Wildman–Crippen MR) is 167 cm³/mol. The number of aliphatic imine (C=N–C) groups is 2. The van der Waals surface area contributed by atoms with Gasteiger partial charge < -0.3 is 50.8 Å². The molecule has 0 saturated carbocycles. The maximum absolute atomic E-state index is 6.33. The zero-order chi connectivity index (χ0) is 29.1. The van der Waals surface area contributed by atoms with Gasteiger partial charge in [-0.2, -0.15) is 0 Å². The summed E-state index contributed by atoms with van der Waals surface area (Å²) in [6.07, 6.45) is 5.43. The van der Waals surface area contributed by atoms with Crippen LogP contribution in [0.15, 0.2) is 107 Å². The summed E-state index contributed by atoms with van der Waals surface area (Å²) < 4.78 is 0. The van der Waals surface area contributed by atoms with Gasteiger partial charge in [0.2, 0.25) is 0 Å². The van der Waals surface area contributed by atoms with Gasteiger partial charge >= 0.3 is 0 Å². The molecule has 206 valence electrons. The van der Waals surface area contributed by atoms with Crippen molar-refractivity contribution in [3.05, 3.63) is 96.7 Å². The number of nitrogens with zero attached hydrogens (tertiary/aromatic N) is 2. The second kappa shape index (κ2) is 11.3. The summed E-state index contributed by atoms with van der Waals surface area (Å²) in [5.41, 5.74) is 45.9. The number of quaternary nitrogens is 4. The molecule has 0 aliphatic heterocycles. The van der Waals surface area contributed by atoms with E-state index in [2.05, 4.69) is 43.6 Å². The minimum Gasteiger partial charge on any atom is -0.397 e. The number of hydrogen-bond donors (Lipinski definition) is 9. The van der Waals surface area contributed by atoms with E-state index >= 15 is 0 Å². The fourth-order valence-electron chi connectivity index (χ4n) is 4.24. The Balaban J connectivity index is 1.29. The number of anilines is 6. The average molecular weight is 550 g/mol. The Kier molecular flexibility index (Phi) is 7.50. The van der Waals surface area contributed by atoms with Gasteiger partial charge in [0.05, 0.1) is 51.6 Å². The molecule has 20 N–H and O–H groups in total. The Morgan fingerprint density at radius 2 is 1.32 bits per heavy atom. The maximum Gasteiger partial charge on any atom is 0.191 e. The standard InChI is InChI=1S/C30H31N11/c31-16-1-7-27(23(34)11-16)39-18-3-9-29(25(36)13-18)41-20-5-10-30(26(37)15-20)40-19-4-8-28(24(35)14-19)38-17-2-6-21(32)22(33)12-17/h1-15,38-39H,31-37H2/p+4. The molecule has 41 heavy (non-hydrogen) atoms. The van der Waals surface area contributed by atoms with Gasteiger partial charge in [-0.25, -0.2) is 9.98 Å². The van der Waals surface area contributed by atoms with E-state index in [1.165, 1.54) is 0 Å². The Hall–Kier alpha value is -5.46. The molecule has 0 fully saturated rings. The van der Waals surface area contributed by atoms with Gasteiger partial charge in [0.25, 0.3) is 0 Å². The van der Waals surface area contributed by atoms with Gasteiger partial charge in [0.15, 0.2) is 17.1 Å². The number of allylic oxidation sites excluding steroid dienone is 3. The van der Waals surface area contributed by atoms with Gasteiger partial charge in [-0.3, -0.25) is 0 Å². The van der Waals surface area contributed by atoms with E-state index in [4.69, 9.17) is 17.2 Å². The van der Waals surface area contributed by atoms with Crippen molar-refractivity contribution >= 4 is 79.7 Å². The number of hydrogen-bond acceptors (Lipinski definition) is 7. The van der Waals surface area contributed by atoms with Crippen molar-refractivity contribution in [1.29, 1.82) is 0 Å². The van der Waals surface area contributed by atoms with Crippen molar-refractivity contribution in [2.45, 2.75) is 0 Å². The Labute approximate surface area is 237 Å².